The van der Waals surface area contributed by atoms with E-state index >= 15 is 0 Å². The van der Waals surface area contributed by atoms with Crippen LogP contribution in [0.25, 0.3) is 5.82 Å². The molecule has 0 aliphatic carbocycles. The molecule has 14 heavy (non-hydrogen) atoms. The van der Waals surface area contributed by atoms with Crippen LogP contribution < -0.4 is 0 Å². The molecule has 0 fully saturated rings. The number of nitrogens with zero attached hydrogens (tertiary/aromatic N) is 2. The molecule has 0 aliphatic heterocycles. The SMILES string of the molecule is C[C@H](O)c1ccc(-n2cccc2)nc1. The summed E-state index contributed by atoms with van der Waals surface area (Å²) < 4.78 is 1.92. The Balaban J connectivity index is 2.31. The second-order valence-electron chi connectivity index (χ2n) is 3.22. The van der Waals surface area contributed by atoms with E-state index in [-0.39, 0.29) is 0 Å². The molecule has 72 valence electrons. The van der Waals surface area contributed by atoms with Crippen LogP contribution in [-0.4, -0.2) is 14.7 Å². The minimum atomic E-state index is -0.457. The maximum atomic E-state index is 9.30. The van der Waals surface area contributed by atoms with Crippen molar-refractivity contribution in [1.82, 2.24) is 9.55 Å². The summed E-state index contributed by atoms with van der Waals surface area (Å²) in [6.07, 6.45) is 5.11. The lowest BCUT2D eigenvalue weighted by atomic mass is 10.2. The molecule has 0 spiro atoms. The van der Waals surface area contributed by atoms with Crippen molar-refractivity contribution in [2.75, 3.05) is 0 Å². The Morgan fingerprint density at radius 3 is 2.50 bits per heavy atom. The van der Waals surface area contributed by atoms with Gasteiger partial charge in [0.1, 0.15) is 5.82 Å². The number of hydrogen-bond donors (Lipinski definition) is 1. The Kier molecular flexibility index (Phi) is 2.33. The van der Waals surface area contributed by atoms with Gasteiger partial charge >= 0.3 is 0 Å². The molecule has 2 rings (SSSR count). The average Bonchev–Trinajstić information content (AvgIpc) is 2.71. The first-order valence-corrected chi connectivity index (χ1v) is 4.55. The van der Waals surface area contributed by atoms with Gasteiger partial charge in [0.05, 0.1) is 6.10 Å². The molecule has 0 unspecified atom stereocenters. The van der Waals surface area contributed by atoms with Crippen molar-refractivity contribution in [1.29, 1.82) is 0 Å². The van der Waals surface area contributed by atoms with E-state index in [0.717, 1.165) is 11.4 Å². The van der Waals surface area contributed by atoms with Crippen LogP contribution in [-0.2, 0) is 0 Å². The van der Waals surface area contributed by atoms with Gasteiger partial charge in [0.2, 0.25) is 0 Å². The van der Waals surface area contributed by atoms with E-state index in [1.54, 1.807) is 13.1 Å². The molecule has 0 saturated carbocycles. The van der Waals surface area contributed by atoms with E-state index in [1.807, 2.05) is 41.2 Å². The van der Waals surface area contributed by atoms with Crippen LogP contribution in [0, 0.1) is 0 Å². The number of aliphatic hydroxyl groups excluding tert-OH is 1. The molecule has 2 aromatic heterocycles. The first-order chi connectivity index (χ1) is 6.77. The predicted octanol–water partition coefficient (Wildman–Crippen LogP) is 1.93. The highest BCUT2D eigenvalue weighted by atomic mass is 16.3. The van der Waals surface area contributed by atoms with Crippen LogP contribution in [0.1, 0.15) is 18.6 Å². The van der Waals surface area contributed by atoms with E-state index < -0.39 is 6.10 Å². The monoisotopic (exact) mass is 188 g/mol. The molecule has 2 heterocycles. The summed E-state index contributed by atoms with van der Waals surface area (Å²) in [5.74, 6) is 0.861. The first-order valence-electron chi connectivity index (χ1n) is 4.55. The second-order valence-corrected chi connectivity index (χ2v) is 3.22. The summed E-state index contributed by atoms with van der Waals surface area (Å²) in [7, 11) is 0. The summed E-state index contributed by atoms with van der Waals surface area (Å²) in [5.41, 5.74) is 0.834. The summed E-state index contributed by atoms with van der Waals surface area (Å²) >= 11 is 0. The topological polar surface area (TPSA) is 38.0 Å². The van der Waals surface area contributed by atoms with E-state index in [0.29, 0.717) is 0 Å². The fourth-order valence-corrected chi connectivity index (χ4v) is 1.28. The van der Waals surface area contributed by atoms with Crippen LogP contribution in [0.3, 0.4) is 0 Å². The highest BCUT2D eigenvalue weighted by Gasteiger charge is 2.01. The van der Waals surface area contributed by atoms with E-state index in [1.165, 1.54) is 0 Å². The summed E-state index contributed by atoms with van der Waals surface area (Å²) in [5, 5.41) is 9.30. The smallest absolute Gasteiger partial charge is 0.136 e. The van der Waals surface area contributed by atoms with Crippen LogP contribution in [0.2, 0.25) is 0 Å². The van der Waals surface area contributed by atoms with Gasteiger partial charge < -0.3 is 9.67 Å². The van der Waals surface area contributed by atoms with Crippen molar-refractivity contribution in [3.63, 3.8) is 0 Å². The van der Waals surface area contributed by atoms with Crippen molar-refractivity contribution >= 4 is 0 Å². The zero-order valence-electron chi connectivity index (χ0n) is 7.96. The van der Waals surface area contributed by atoms with Gasteiger partial charge in [0.25, 0.3) is 0 Å². The van der Waals surface area contributed by atoms with Crippen LogP contribution in [0.5, 0.6) is 0 Å². The Morgan fingerprint density at radius 1 is 1.29 bits per heavy atom. The molecule has 3 nitrogen and oxygen atoms in total. The molecule has 1 N–H and O–H groups in total. The molecule has 0 aromatic carbocycles. The van der Waals surface area contributed by atoms with Gasteiger partial charge in [-0.05, 0) is 30.7 Å². The van der Waals surface area contributed by atoms with Gasteiger partial charge in [-0.3, -0.25) is 0 Å². The molecule has 0 radical (unpaired) electrons. The Morgan fingerprint density at radius 2 is 2.00 bits per heavy atom. The zero-order chi connectivity index (χ0) is 9.97. The van der Waals surface area contributed by atoms with Crippen LogP contribution in [0.15, 0.2) is 42.9 Å². The lowest BCUT2D eigenvalue weighted by molar-refractivity contribution is 0.199. The minimum Gasteiger partial charge on any atom is -0.389 e. The summed E-state index contributed by atoms with van der Waals surface area (Å²) in [4.78, 5) is 4.25. The van der Waals surface area contributed by atoms with Gasteiger partial charge in [-0.2, -0.15) is 0 Å². The molecular weight excluding hydrogens is 176 g/mol. The van der Waals surface area contributed by atoms with Crippen molar-refractivity contribution in [2.24, 2.45) is 0 Å². The maximum absolute atomic E-state index is 9.30. The van der Waals surface area contributed by atoms with Gasteiger partial charge in [0, 0.05) is 18.6 Å². The molecule has 3 heteroatoms. The van der Waals surface area contributed by atoms with Gasteiger partial charge in [-0.25, -0.2) is 4.98 Å². The van der Waals surface area contributed by atoms with Crippen molar-refractivity contribution in [3.05, 3.63) is 48.4 Å². The van der Waals surface area contributed by atoms with E-state index in [2.05, 4.69) is 4.98 Å². The largest absolute Gasteiger partial charge is 0.389 e. The predicted molar refractivity (Wildman–Crippen MR) is 54.2 cm³/mol. The molecule has 0 saturated heterocycles. The zero-order valence-corrected chi connectivity index (χ0v) is 7.96. The molecule has 0 bridgehead atoms. The fourth-order valence-electron chi connectivity index (χ4n) is 1.28. The first kappa shape index (κ1) is 8.97. The standard InChI is InChI=1S/C11H12N2O/c1-9(14)10-4-5-11(12-8-10)13-6-2-3-7-13/h2-9,14H,1H3/t9-/m0/s1. The molecular formula is C11H12N2O. The number of aliphatic hydroxyl groups is 1. The van der Waals surface area contributed by atoms with Crippen LogP contribution in [0.4, 0.5) is 0 Å². The van der Waals surface area contributed by atoms with Crippen molar-refractivity contribution < 1.29 is 5.11 Å². The minimum absolute atomic E-state index is 0.457. The number of aromatic nitrogens is 2. The summed E-state index contributed by atoms with van der Waals surface area (Å²) in [6.45, 7) is 1.73. The summed E-state index contributed by atoms with van der Waals surface area (Å²) in [6, 6.07) is 7.67. The molecule has 1 atom stereocenters. The lowest BCUT2D eigenvalue weighted by Crippen LogP contribution is -1.97. The average molecular weight is 188 g/mol. The van der Waals surface area contributed by atoms with Crippen molar-refractivity contribution in [2.45, 2.75) is 13.0 Å². The van der Waals surface area contributed by atoms with E-state index in [9.17, 15) is 5.11 Å². The van der Waals surface area contributed by atoms with Gasteiger partial charge in [-0.15, -0.1) is 0 Å². The fraction of sp³-hybridized carbons (Fsp3) is 0.182. The quantitative estimate of drug-likeness (QED) is 0.782. The third kappa shape index (κ3) is 1.67. The number of rotatable bonds is 2. The highest BCUT2D eigenvalue weighted by molar-refractivity contribution is 5.26. The normalized spacial score (nSPS) is 12.7. The molecule has 0 aliphatic rings. The third-order valence-corrected chi connectivity index (χ3v) is 2.12. The second kappa shape index (κ2) is 3.64. The van der Waals surface area contributed by atoms with E-state index in [4.69, 9.17) is 0 Å². The van der Waals surface area contributed by atoms with Crippen LogP contribution >= 0.6 is 0 Å². The number of hydrogen-bond acceptors (Lipinski definition) is 2. The number of pyridine rings is 1. The Labute approximate surface area is 82.7 Å². The lowest BCUT2D eigenvalue weighted by Gasteiger charge is -2.05. The maximum Gasteiger partial charge on any atom is 0.136 e. The van der Waals surface area contributed by atoms with Crippen molar-refractivity contribution in [3.8, 4) is 5.82 Å². The van der Waals surface area contributed by atoms with Gasteiger partial charge in [-0.1, -0.05) is 6.07 Å². The van der Waals surface area contributed by atoms with Gasteiger partial charge in [0.15, 0.2) is 0 Å². The highest BCUT2D eigenvalue weighted by Crippen LogP contribution is 2.12. The Bertz CT molecular complexity index is 390. The molecule has 2 aromatic rings. The molecule has 0 amide bonds. The third-order valence-electron chi connectivity index (χ3n) is 2.12. The Hall–Kier alpha value is -1.61.